The van der Waals surface area contributed by atoms with Gasteiger partial charge in [-0.2, -0.15) is 0 Å². The van der Waals surface area contributed by atoms with Gasteiger partial charge in [0, 0.05) is 0 Å². The summed E-state index contributed by atoms with van der Waals surface area (Å²) in [5, 5.41) is 0. The van der Waals surface area contributed by atoms with E-state index >= 15 is 0 Å². The fourth-order valence-corrected chi connectivity index (χ4v) is 0. The second-order valence-corrected chi connectivity index (χ2v) is 4.24. The second-order valence-electron chi connectivity index (χ2n) is 1.41. The molecular weight excluding hydrogens is 380 g/mol. The zero-order valence-electron chi connectivity index (χ0n) is 9.01. The maximum Gasteiger partial charge on any atom is 0.761 e. The molecule has 0 aromatic rings. The van der Waals surface area contributed by atoms with Crippen molar-refractivity contribution in [3.63, 3.8) is 0 Å². The van der Waals surface area contributed by atoms with Crippen molar-refractivity contribution in [3.8, 4) is 0 Å². The Morgan fingerprint density at radius 1 is 0.300 bits per heavy atom. The highest BCUT2D eigenvalue weighted by Crippen LogP contribution is 1.28. The van der Waals surface area contributed by atoms with Crippen LogP contribution in [0.25, 0.3) is 0 Å². The number of hydrogen-bond acceptors (Lipinski definition) is 5. The Bertz CT molecular complexity index is 201. The highest BCUT2D eigenvalue weighted by Gasteiger charge is 1.86. The first-order valence-electron chi connectivity index (χ1n) is 3.26. The topological polar surface area (TPSA) is 288 Å². The predicted molar refractivity (Wildman–Crippen MR) is 54.4 cm³/mol. The molecule has 0 rings (SSSR count). The molecule has 120 valence electrons. The summed E-state index contributed by atoms with van der Waals surface area (Å²) in [6.07, 6.45) is 0. The van der Waals surface area contributed by atoms with Crippen LogP contribution in [0.15, 0.2) is 0 Å². The van der Waals surface area contributed by atoms with E-state index < -0.39 is 45.9 Å². The molecule has 0 bridgehead atoms. The normalized spacial score (nSPS) is 6.00. The molecule has 0 unspecified atom stereocenters. The van der Waals surface area contributed by atoms with Gasteiger partial charge in [0.15, 0.2) is 0 Å². The van der Waals surface area contributed by atoms with Gasteiger partial charge in [-0.15, -0.1) is 0 Å². The molecule has 0 aliphatic heterocycles. The lowest BCUT2D eigenvalue weighted by Crippen LogP contribution is -1.90. The third-order valence-corrected chi connectivity index (χ3v) is 0. The van der Waals surface area contributed by atoms with E-state index in [9.17, 15) is 0 Å². The van der Waals surface area contributed by atoms with Gasteiger partial charge in [0.1, 0.15) is 0 Å². The zero-order valence-corrected chi connectivity index (χ0v) is 14.0. The van der Waals surface area contributed by atoms with E-state index in [1.54, 1.807) is 0 Å². The minimum atomic E-state index is -3.13. The van der Waals surface area contributed by atoms with Crippen LogP contribution in [-0.2, 0) is 22.3 Å². The van der Waals surface area contributed by atoms with Crippen molar-refractivity contribution < 1.29 is 70.3 Å². The first-order valence-corrected chi connectivity index (χ1v) is 9.77. The van der Waals surface area contributed by atoms with Crippen molar-refractivity contribution >= 4 is 45.9 Å². The summed E-state index contributed by atoms with van der Waals surface area (Å²) in [5.74, 6) is 0. The third kappa shape index (κ3) is 997. The summed E-state index contributed by atoms with van der Waals surface area (Å²) in [6, 6.07) is 0. The zero-order chi connectivity index (χ0) is 17.9. The molecule has 0 aromatic heterocycles. The van der Waals surface area contributed by atoms with Crippen molar-refractivity contribution in [2.24, 2.45) is 0 Å². The Labute approximate surface area is 117 Å². The Balaban J connectivity index is -0.0000000469. The van der Waals surface area contributed by atoms with Gasteiger partial charge in [0.25, 0.3) is 0 Å². The van der Waals surface area contributed by atoms with Gasteiger partial charge in [0.2, 0.25) is 0 Å². The summed E-state index contributed by atoms with van der Waals surface area (Å²) in [5.41, 5.74) is 0. The molecule has 0 spiro atoms. The average molecular weight is 390 g/mol. The van der Waals surface area contributed by atoms with E-state index in [0.717, 1.165) is 0 Å². The van der Waals surface area contributed by atoms with E-state index in [4.69, 9.17) is 70.3 Å². The number of rotatable bonds is 0. The molecule has 0 atom stereocenters. The van der Waals surface area contributed by atoms with Crippen molar-refractivity contribution in [1.29, 1.82) is 0 Å². The van der Waals surface area contributed by atoms with E-state index in [1.165, 1.54) is 0 Å². The van der Waals surface area contributed by atoms with Crippen molar-refractivity contribution in [2.75, 3.05) is 0 Å². The molecule has 0 amide bonds. The fourth-order valence-electron chi connectivity index (χ4n) is 0. The molecule has 10 N–H and O–H groups in total. The lowest BCUT2D eigenvalue weighted by Gasteiger charge is -1.55. The Morgan fingerprint density at radius 2 is 0.300 bits per heavy atom. The van der Waals surface area contributed by atoms with Crippen molar-refractivity contribution in [1.82, 2.24) is 0 Å². The lowest BCUT2D eigenvalue weighted by atomic mass is 15.8. The van der Waals surface area contributed by atoms with Gasteiger partial charge >= 0.3 is 45.9 Å². The van der Waals surface area contributed by atoms with Gasteiger partial charge in [0.05, 0.1) is 0 Å². The molecule has 20 heavy (non-hydrogen) atoms. The first kappa shape index (κ1) is 30.8. The van der Waals surface area contributed by atoms with Crippen LogP contribution in [0, 0.1) is 0 Å². The Kier molecular flexibility index (Phi) is 39.8. The summed E-state index contributed by atoms with van der Waals surface area (Å²) in [7, 11) is -15.6. The molecule has 0 aliphatic carbocycles. The van der Waals surface area contributed by atoms with Crippen LogP contribution >= 0.6 is 0 Å². The molecule has 0 heterocycles. The van der Waals surface area contributed by atoms with E-state index in [-0.39, 0.29) is 0 Å². The summed E-state index contributed by atoms with van der Waals surface area (Å²) >= 11 is 0. The van der Waals surface area contributed by atoms with Crippen LogP contribution in [-0.4, -0.2) is 93.8 Å². The van der Waals surface area contributed by atoms with Gasteiger partial charge in [-0.1, -0.05) is 0 Å². The predicted octanol–water partition coefficient (Wildman–Crippen LogP) is -8.07. The molecule has 0 saturated heterocycles. The van der Waals surface area contributed by atoms with Gasteiger partial charge in [-0.05, 0) is 0 Å². The monoisotopic (exact) mass is 390 g/mol. The van der Waals surface area contributed by atoms with Crippen LogP contribution in [0.3, 0.4) is 0 Å². The molecule has 0 radical (unpaired) electrons. The van der Waals surface area contributed by atoms with Gasteiger partial charge < -0.3 is 48.0 Å². The van der Waals surface area contributed by atoms with Crippen LogP contribution in [0.4, 0.5) is 0 Å². The third-order valence-electron chi connectivity index (χ3n) is 0. The number of hydrogen-bond donors (Lipinski definition) is 10. The maximum absolute atomic E-state index is 8.74. The highest BCUT2D eigenvalue weighted by molar-refractivity contribution is 6.22. The van der Waals surface area contributed by atoms with Crippen LogP contribution in [0.5, 0.6) is 0 Å². The molecule has 0 fully saturated rings. The van der Waals surface area contributed by atoms with Crippen LogP contribution < -0.4 is 0 Å². The minimum Gasteiger partial charge on any atom is -0.511 e. The van der Waals surface area contributed by atoms with Gasteiger partial charge in [-0.3, -0.25) is 22.3 Å². The molecular formula is H10O15Si5. The quantitative estimate of drug-likeness (QED) is 0.172. The van der Waals surface area contributed by atoms with Crippen molar-refractivity contribution in [2.45, 2.75) is 0 Å². The minimum absolute atomic E-state index is 3.13. The average Bonchev–Trinajstić information content (AvgIpc) is 1.94. The summed E-state index contributed by atoms with van der Waals surface area (Å²) in [6.45, 7) is 0. The first-order chi connectivity index (χ1) is 8.66. The van der Waals surface area contributed by atoms with Crippen LogP contribution in [0.1, 0.15) is 0 Å². The van der Waals surface area contributed by atoms with E-state index in [0.29, 0.717) is 0 Å². The molecule has 0 saturated carbocycles. The highest BCUT2D eigenvalue weighted by atomic mass is 28.3. The maximum atomic E-state index is 8.74. The largest absolute Gasteiger partial charge is 0.761 e. The summed E-state index contributed by atoms with van der Waals surface area (Å²) in [4.78, 5) is 71.6. The van der Waals surface area contributed by atoms with E-state index in [2.05, 4.69) is 0 Å². The fraction of sp³-hybridized carbons (Fsp3) is 0. The molecule has 0 aliphatic rings. The molecule has 0 aromatic carbocycles. The SMILES string of the molecule is O=[Si](O)O.O=[Si](O)O.O=[Si](O)O.O=[Si](O)O.O=[Si](O)O. The summed E-state index contributed by atoms with van der Waals surface area (Å²) < 4.78 is 43.7. The second kappa shape index (κ2) is 25.8. The lowest BCUT2D eigenvalue weighted by molar-refractivity contribution is 0.328. The van der Waals surface area contributed by atoms with Crippen LogP contribution in [0.2, 0.25) is 0 Å². The van der Waals surface area contributed by atoms with Gasteiger partial charge in [-0.25, -0.2) is 0 Å². The Hall–Kier alpha value is -1.92. The van der Waals surface area contributed by atoms with Crippen molar-refractivity contribution in [3.05, 3.63) is 0 Å². The standard InChI is InChI=1S/5H2O3Si/c5*1-4(2)3/h5*1-2H. The Morgan fingerprint density at radius 3 is 0.300 bits per heavy atom. The molecule has 15 nitrogen and oxygen atoms in total. The van der Waals surface area contributed by atoms with E-state index in [1.807, 2.05) is 0 Å². The molecule has 20 heteroatoms. The smallest absolute Gasteiger partial charge is 0.511 e.